The monoisotopic (exact) mass is 415 g/mol. The van der Waals surface area contributed by atoms with Crippen molar-refractivity contribution in [1.29, 1.82) is 5.26 Å². The molecule has 0 atom stereocenters. The smallest absolute Gasteiger partial charge is 0.234 e. The van der Waals surface area contributed by atoms with Crippen molar-refractivity contribution in [2.75, 3.05) is 18.1 Å². The number of thioether (sulfide) groups is 1. The second kappa shape index (κ2) is 8.93. The van der Waals surface area contributed by atoms with Crippen LogP contribution in [0.15, 0.2) is 22.5 Å². The number of aromatic nitrogens is 2. The van der Waals surface area contributed by atoms with Crippen molar-refractivity contribution in [2.24, 2.45) is 0 Å². The van der Waals surface area contributed by atoms with E-state index in [4.69, 9.17) is 0 Å². The van der Waals surface area contributed by atoms with Gasteiger partial charge >= 0.3 is 0 Å². The zero-order chi connectivity index (χ0) is 20.1. The fourth-order valence-electron chi connectivity index (χ4n) is 3.44. The molecule has 1 N–H and O–H groups in total. The molecule has 0 saturated heterocycles. The molecular formula is C20H25N5OS2. The minimum atomic E-state index is -0.646. The van der Waals surface area contributed by atoms with Gasteiger partial charge in [0.15, 0.2) is 4.34 Å². The Morgan fingerprint density at radius 3 is 2.79 bits per heavy atom. The maximum Gasteiger partial charge on any atom is 0.234 e. The van der Waals surface area contributed by atoms with E-state index in [-0.39, 0.29) is 11.7 Å². The lowest BCUT2D eigenvalue weighted by Crippen LogP contribution is -2.50. The molecule has 1 amide bonds. The second-order valence-corrected chi connectivity index (χ2v) is 9.39. The van der Waals surface area contributed by atoms with E-state index in [9.17, 15) is 10.1 Å². The lowest BCUT2D eigenvalue weighted by atomic mass is 9.81. The van der Waals surface area contributed by atoms with Gasteiger partial charge in [0.25, 0.3) is 0 Å². The third-order valence-corrected chi connectivity index (χ3v) is 7.43. The number of rotatable bonds is 6. The van der Waals surface area contributed by atoms with Crippen molar-refractivity contribution in [2.45, 2.75) is 55.8 Å². The summed E-state index contributed by atoms with van der Waals surface area (Å²) in [5, 5.41) is 22.0. The van der Waals surface area contributed by atoms with Crippen LogP contribution in [0.3, 0.4) is 0 Å². The Bertz CT molecular complexity index is 883. The molecule has 1 aromatic heterocycles. The highest BCUT2D eigenvalue weighted by Gasteiger charge is 2.38. The zero-order valence-corrected chi connectivity index (χ0v) is 18.1. The summed E-state index contributed by atoms with van der Waals surface area (Å²) in [6, 6.07) is 8.49. The highest BCUT2D eigenvalue weighted by molar-refractivity contribution is 8.01. The number of nitrogens with zero attached hydrogens (tertiary/aromatic N) is 4. The molecular weight excluding hydrogens is 390 g/mol. The van der Waals surface area contributed by atoms with E-state index < -0.39 is 5.54 Å². The summed E-state index contributed by atoms with van der Waals surface area (Å²) in [5.41, 5.74) is 2.76. The Hall–Kier alpha value is -2.11. The first-order chi connectivity index (χ1) is 13.4. The maximum absolute atomic E-state index is 12.7. The number of nitriles is 1. The van der Waals surface area contributed by atoms with Crippen molar-refractivity contribution < 1.29 is 4.79 Å². The zero-order valence-electron chi connectivity index (χ0n) is 16.5. The molecule has 28 heavy (non-hydrogen) atoms. The predicted octanol–water partition coefficient (Wildman–Crippen LogP) is 4.68. The molecule has 2 aromatic rings. The Kier molecular flexibility index (Phi) is 6.57. The van der Waals surface area contributed by atoms with Crippen LogP contribution in [0, 0.1) is 25.2 Å². The number of hydrogen-bond donors (Lipinski definition) is 1. The first-order valence-corrected chi connectivity index (χ1v) is 11.2. The van der Waals surface area contributed by atoms with Crippen molar-refractivity contribution in [3.05, 3.63) is 29.3 Å². The summed E-state index contributed by atoms with van der Waals surface area (Å²) >= 11 is 2.80. The molecule has 0 radical (unpaired) electrons. The number of anilines is 2. The topological polar surface area (TPSA) is 81.9 Å². The fraction of sp³-hybridized carbons (Fsp3) is 0.500. The van der Waals surface area contributed by atoms with E-state index in [1.807, 2.05) is 12.1 Å². The molecule has 1 heterocycles. The largest absolute Gasteiger partial charge is 0.330 e. The van der Waals surface area contributed by atoms with E-state index in [1.54, 1.807) is 11.9 Å². The van der Waals surface area contributed by atoms with Gasteiger partial charge in [0.2, 0.25) is 11.0 Å². The average Bonchev–Trinajstić information content (AvgIpc) is 3.17. The van der Waals surface area contributed by atoms with E-state index in [0.29, 0.717) is 5.13 Å². The van der Waals surface area contributed by atoms with Gasteiger partial charge in [-0.2, -0.15) is 5.26 Å². The third-order valence-electron chi connectivity index (χ3n) is 5.48. The Morgan fingerprint density at radius 1 is 1.32 bits per heavy atom. The number of amides is 1. The van der Waals surface area contributed by atoms with Gasteiger partial charge in [0.05, 0.1) is 11.8 Å². The SMILES string of the molecule is Cc1cccc(Nc2nnc(SCC(=O)N(C)C3(C#N)CCCCC3)s2)c1C. The lowest BCUT2D eigenvalue weighted by Gasteiger charge is -2.38. The summed E-state index contributed by atoms with van der Waals surface area (Å²) in [6.45, 7) is 4.14. The van der Waals surface area contributed by atoms with Gasteiger partial charge in [-0.3, -0.25) is 4.79 Å². The predicted molar refractivity (Wildman–Crippen MR) is 114 cm³/mol. The molecule has 6 nitrogen and oxygen atoms in total. The molecule has 1 aromatic carbocycles. The van der Waals surface area contributed by atoms with Crippen LogP contribution in [0.25, 0.3) is 0 Å². The van der Waals surface area contributed by atoms with Crippen LogP contribution in [0.2, 0.25) is 0 Å². The van der Waals surface area contributed by atoms with Gasteiger partial charge in [-0.05, 0) is 43.9 Å². The Morgan fingerprint density at radius 2 is 2.07 bits per heavy atom. The summed E-state index contributed by atoms with van der Waals surface area (Å²) < 4.78 is 0.740. The normalized spacial score (nSPS) is 15.6. The van der Waals surface area contributed by atoms with Crippen LogP contribution in [-0.4, -0.2) is 39.3 Å². The van der Waals surface area contributed by atoms with Gasteiger partial charge < -0.3 is 10.2 Å². The quantitative estimate of drug-likeness (QED) is 0.690. The van der Waals surface area contributed by atoms with Crippen molar-refractivity contribution in [3.63, 3.8) is 0 Å². The third kappa shape index (κ3) is 4.47. The number of carbonyl (C=O) groups is 1. The van der Waals surface area contributed by atoms with Gasteiger partial charge in [0.1, 0.15) is 5.54 Å². The van der Waals surface area contributed by atoms with Crippen molar-refractivity contribution in [3.8, 4) is 6.07 Å². The highest BCUT2D eigenvalue weighted by atomic mass is 32.2. The molecule has 0 aliphatic heterocycles. The molecule has 0 bridgehead atoms. The molecule has 0 unspecified atom stereocenters. The molecule has 0 spiro atoms. The number of hydrogen-bond acceptors (Lipinski definition) is 7. The Balaban J connectivity index is 1.59. The van der Waals surface area contributed by atoms with Crippen LogP contribution in [0.5, 0.6) is 0 Å². The molecule has 3 rings (SSSR count). The van der Waals surface area contributed by atoms with Crippen LogP contribution in [0.4, 0.5) is 10.8 Å². The minimum Gasteiger partial charge on any atom is -0.330 e. The fourth-order valence-corrected chi connectivity index (χ4v) is 5.12. The first-order valence-electron chi connectivity index (χ1n) is 9.43. The molecule has 1 saturated carbocycles. The summed E-state index contributed by atoms with van der Waals surface area (Å²) in [4.78, 5) is 14.3. The molecule has 148 valence electrons. The summed E-state index contributed by atoms with van der Waals surface area (Å²) in [7, 11) is 1.75. The number of nitrogens with one attached hydrogen (secondary N) is 1. The van der Waals surface area contributed by atoms with E-state index in [2.05, 4.69) is 41.5 Å². The van der Waals surface area contributed by atoms with Gasteiger partial charge in [0, 0.05) is 12.7 Å². The summed E-state index contributed by atoms with van der Waals surface area (Å²) in [6.07, 6.45) is 4.67. The second-order valence-electron chi connectivity index (χ2n) is 7.19. The van der Waals surface area contributed by atoms with E-state index in [0.717, 1.165) is 42.1 Å². The lowest BCUT2D eigenvalue weighted by molar-refractivity contribution is -0.131. The molecule has 1 fully saturated rings. The summed E-state index contributed by atoms with van der Waals surface area (Å²) in [5.74, 6) is 0.227. The van der Waals surface area contributed by atoms with Crippen LogP contribution in [-0.2, 0) is 4.79 Å². The van der Waals surface area contributed by atoms with Gasteiger partial charge in [-0.1, -0.05) is 54.5 Å². The standard InChI is InChI=1S/C20H25N5OS2/c1-14-8-7-9-16(15(14)2)22-18-23-24-19(28-18)27-12-17(26)25(3)20(13-21)10-5-4-6-11-20/h7-9H,4-6,10-12H2,1-3H3,(H,22,23). The molecule has 1 aliphatic carbocycles. The Labute approximate surface area is 174 Å². The number of benzene rings is 1. The van der Waals surface area contributed by atoms with Crippen molar-refractivity contribution in [1.82, 2.24) is 15.1 Å². The molecule has 1 aliphatic rings. The minimum absolute atomic E-state index is 0.0345. The van der Waals surface area contributed by atoms with Gasteiger partial charge in [-0.25, -0.2) is 0 Å². The van der Waals surface area contributed by atoms with E-state index in [1.165, 1.54) is 34.2 Å². The van der Waals surface area contributed by atoms with Crippen LogP contribution in [0.1, 0.15) is 43.2 Å². The van der Waals surface area contributed by atoms with Gasteiger partial charge in [-0.15, -0.1) is 10.2 Å². The number of carbonyl (C=O) groups excluding carboxylic acids is 1. The highest BCUT2D eigenvalue weighted by Crippen LogP contribution is 2.34. The average molecular weight is 416 g/mol. The first kappa shape index (κ1) is 20.6. The maximum atomic E-state index is 12.7. The van der Waals surface area contributed by atoms with Crippen molar-refractivity contribution >= 4 is 39.8 Å². The molecule has 8 heteroatoms. The van der Waals surface area contributed by atoms with Crippen LogP contribution < -0.4 is 5.32 Å². The van der Waals surface area contributed by atoms with E-state index >= 15 is 0 Å². The number of aryl methyl sites for hydroxylation is 1. The van der Waals surface area contributed by atoms with Crippen LogP contribution >= 0.6 is 23.1 Å².